The van der Waals surface area contributed by atoms with E-state index >= 15 is 0 Å². The smallest absolute Gasteiger partial charge is 0.0494 e. The minimum absolute atomic E-state index is 0.287. The first kappa shape index (κ1) is 8.14. The van der Waals surface area contributed by atoms with Crippen LogP contribution in [-0.2, 0) is 0 Å². The third kappa shape index (κ3) is 4.30. The van der Waals surface area contributed by atoms with Crippen LogP contribution in [0.3, 0.4) is 0 Å². The molecule has 1 unspecified atom stereocenters. The van der Waals surface area contributed by atoms with Gasteiger partial charge in [0.15, 0.2) is 0 Å². The van der Waals surface area contributed by atoms with Crippen molar-refractivity contribution >= 4 is 10.2 Å². The average molecular weight is 129 g/mol. The Morgan fingerprint density at radius 3 is 2.75 bits per heavy atom. The van der Waals surface area contributed by atoms with Crippen LogP contribution in [0.25, 0.3) is 0 Å². The monoisotopic (exact) mass is 129 g/mol. The summed E-state index contributed by atoms with van der Waals surface area (Å²) in [6.45, 7) is 3.81. The van der Waals surface area contributed by atoms with Gasteiger partial charge in [0.25, 0.3) is 0 Å². The van der Waals surface area contributed by atoms with E-state index in [9.17, 15) is 0 Å². The summed E-state index contributed by atoms with van der Waals surface area (Å²) in [5, 5.41) is 3.17. The molecule has 0 saturated heterocycles. The van der Waals surface area contributed by atoms with Crippen LogP contribution in [0.15, 0.2) is 0 Å². The maximum Gasteiger partial charge on any atom is 0.0494 e. The highest BCUT2D eigenvalue weighted by Gasteiger charge is 1.92. The third-order valence-corrected chi connectivity index (χ3v) is 1.32. The molecule has 0 amide bonds. The molecule has 47 valence electrons. The van der Waals surface area contributed by atoms with Gasteiger partial charge in [0.05, 0.1) is 0 Å². The van der Waals surface area contributed by atoms with Crippen molar-refractivity contribution in [1.82, 2.24) is 5.32 Å². The molecule has 0 aliphatic heterocycles. The SMILES string of the molecule is CCCNC([Si])CN. The fraction of sp³-hybridized carbons (Fsp3) is 1.00. The van der Waals surface area contributed by atoms with Crippen molar-refractivity contribution in [2.24, 2.45) is 5.73 Å². The summed E-state index contributed by atoms with van der Waals surface area (Å²) in [5.74, 6) is 0. The summed E-state index contributed by atoms with van der Waals surface area (Å²) in [6.07, 6.45) is 1.15. The van der Waals surface area contributed by atoms with Crippen molar-refractivity contribution in [1.29, 1.82) is 0 Å². The van der Waals surface area contributed by atoms with Crippen molar-refractivity contribution in [3.63, 3.8) is 0 Å². The summed E-state index contributed by atoms with van der Waals surface area (Å²) in [4.78, 5) is 0. The summed E-state index contributed by atoms with van der Waals surface area (Å²) < 4.78 is 0. The highest BCUT2D eigenvalue weighted by molar-refractivity contribution is 6.11. The predicted octanol–water partition coefficient (Wildman–Crippen LogP) is -0.561. The summed E-state index contributed by atoms with van der Waals surface area (Å²) in [6, 6.07) is 0. The van der Waals surface area contributed by atoms with Gasteiger partial charge in [0.1, 0.15) is 0 Å². The van der Waals surface area contributed by atoms with E-state index in [0.717, 1.165) is 13.0 Å². The second-order valence-corrected chi connectivity index (χ2v) is 2.44. The molecule has 0 aromatic heterocycles. The molecule has 0 rings (SSSR count). The van der Waals surface area contributed by atoms with Crippen LogP contribution >= 0.6 is 0 Å². The van der Waals surface area contributed by atoms with Crippen LogP contribution in [0, 0.1) is 0 Å². The maximum atomic E-state index is 5.30. The molecule has 0 aromatic carbocycles. The minimum atomic E-state index is 0.287. The summed E-state index contributed by atoms with van der Waals surface area (Å²) in [5.41, 5.74) is 5.59. The van der Waals surface area contributed by atoms with Gasteiger partial charge in [-0.3, -0.25) is 0 Å². The Balaban J connectivity index is 2.86. The van der Waals surface area contributed by atoms with E-state index in [1.54, 1.807) is 0 Å². The standard InChI is InChI=1S/C5H13N2Si/c1-2-3-7-5(8)4-6/h5,7H,2-4,6H2,1H3. The number of hydrogen-bond acceptors (Lipinski definition) is 2. The van der Waals surface area contributed by atoms with Gasteiger partial charge in [0, 0.05) is 22.5 Å². The van der Waals surface area contributed by atoms with Gasteiger partial charge in [-0.05, 0) is 13.0 Å². The lowest BCUT2D eigenvalue weighted by Crippen LogP contribution is -2.36. The van der Waals surface area contributed by atoms with Gasteiger partial charge in [-0.1, -0.05) is 6.92 Å². The van der Waals surface area contributed by atoms with Gasteiger partial charge in [-0.25, -0.2) is 0 Å². The Morgan fingerprint density at radius 2 is 2.38 bits per heavy atom. The zero-order chi connectivity index (χ0) is 6.41. The first-order valence-corrected chi connectivity index (χ1v) is 3.53. The van der Waals surface area contributed by atoms with Gasteiger partial charge in [0.2, 0.25) is 0 Å². The lowest BCUT2D eigenvalue weighted by molar-refractivity contribution is 0.635. The Hall–Kier alpha value is 0.137. The fourth-order valence-electron chi connectivity index (χ4n) is 0.402. The van der Waals surface area contributed by atoms with E-state index < -0.39 is 0 Å². The van der Waals surface area contributed by atoms with Crippen LogP contribution in [-0.4, -0.2) is 29.0 Å². The molecule has 0 heterocycles. The summed E-state index contributed by atoms with van der Waals surface area (Å²) >= 11 is 0. The molecule has 8 heavy (non-hydrogen) atoms. The minimum Gasteiger partial charge on any atom is -0.329 e. The van der Waals surface area contributed by atoms with Crippen molar-refractivity contribution in [3.05, 3.63) is 0 Å². The van der Waals surface area contributed by atoms with Gasteiger partial charge in [-0.15, -0.1) is 0 Å². The van der Waals surface area contributed by atoms with Crippen molar-refractivity contribution < 1.29 is 0 Å². The summed E-state index contributed by atoms with van der Waals surface area (Å²) in [7, 11) is 3.39. The Bertz CT molecular complexity index is 49.7. The normalized spacial score (nSPS) is 13.9. The second kappa shape index (κ2) is 5.28. The molecular weight excluding hydrogens is 116 g/mol. The zero-order valence-electron chi connectivity index (χ0n) is 5.28. The van der Waals surface area contributed by atoms with Gasteiger partial charge >= 0.3 is 0 Å². The number of rotatable bonds is 4. The molecule has 0 bridgehead atoms. The van der Waals surface area contributed by atoms with E-state index in [4.69, 9.17) is 5.73 Å². The highest BCUT2D eigenvalue weighted by atomic mass is 28.1. The van der Waals surface area contributed by atoms with Crippen LogP contribution in [0.1, 0.15) is 13.3 Å². The first-order chi connectivity index (χ1) is 3.81. The molecule has 0 spiro atoms. The molecule has 3 heteroatoms. The molecule has 0 saturated carbocycles. The number of nitrogens with two attached hydrogens (primary N) is 1. The van der Waals surface area contributed by atoms with Crippen LogP contribution in [0.2, 0.25) is 0 Å². The molecular formula is C5H13N2Si. The van der Waals surface area contributed by atoms with Gasteiger partial charge < -0.3 is 11.1 Å². The predicted molar refractivity (Wildman–Crippen MR) is 36.9 cm³/mol. The third-order valence-electron chi connectivity index (χ3n) is 0.876. The van der Waals surface area contributed by atoms with Crippen molar-refractivity contribution in [2.45, 2.75) is 19.0 Å². The number of nitrogens with one attached hydrogen (secondary N) is 1. The molecule has 0 aliphatic carbocycles. The van der Waals surface area contributed by atoms with Crippen LogP contribution in [0.5, 0.6) is 0 Å². The number of hydrogen-bond donors (Lipinski definition) is 2. The Kier molecular flexibility index (Phi) is 5.37. The zero-order valence-corrected chi connectivity index (χ0v) is 6.28. The van der Waals surface area contributed by atoms with Crippen LogP contribution < -0.4 is 11.1 Å². The average Bonchev–Trinajstić information content (AvgIpc) is 1.83. The molecule has 2 nitrogen and oxygen atoms in total. The van der Waals surface area contributed by atoms with E-state index in [1.165, 1.54) is 0 Å². The van der Waals surface area contributed by atoms with E-state index in [1.807, 2.05) is 0 Å². The molecule has 0 aliphatic rings. The van der Waals surface area contributed by atoms with Gasteiger partial charge in [-0.2, -0.15) is 0 Å². The first-order valence-electron chi connectivity index (χ1n) is 2.95. The molecule has 3 N–H and O–H groups in total. The van der Waals surface area contributed by atoms with Crippen molar-refractivity contribution in [3.8, 4) is 0 Å². The topological polar surface area (TPSA) is 38.0 Å². The Morgan fingerprint density at radius 1 is 1.75 bits per heavy atom. The lowest BCUT2D eigenvalue weighted by atomic mass is 10.5. The molecule has 3 radical (unpaired) electrons. The van der Waals surface area contributed by atoms with Crippen LogP contribution in [0.4, 0.5) is 0 Å². The largest absolute Gasteiger partial charge is 0.329 e. The van der Waals surface area contributed by atoms with E-state index in [2.05, 4.69) is 22.5 Å². The highest BCUT2D eigenvalue weighted by Crippen LogP contribution is 1.72. The fourth-order valence-corrected chi connectivity index (χ4v) is 0.546. The lowest BCUT2D eigenvalue weighted by Gasteiger charge is -2.08. The van der Waals surface area contributed by atoms with Crippen molar-refractivity contribution in [2.75, 3.05) is 13.1 Å². The molecule has 0 fully saturated rings. The maximum absolute atomic E-state index is 5.30. The second-order valence-electron chi connectivity index (χ2n) is 1.74. The quantitative estimate of drug-likeness (QED) is 0.499. The molecule has 0 aromatic rings. The molecule has 1 atom stereocenters. The van der Waals surface area contributed by atoms with E-state index in [0.29, 0.717) is 6.54 Å². The Labute approximate surface area is 54.3 Å². The van der Waals surface area contributed by atoms with E-state index in [-0.39, 0.29) is 5.67 Å².